The van der Waals surface area contributed by atoms with Gasteiger partial charge in [0.05, 0.1) is 17.7 Å². The summed E-state index contributed by atoms with van der Waals surface area (Å²) in [6, 6.07) is 5.62. The highest BCUT2D eigenvalue weighted by Gasteiger charge is 2.13. The topological polar surface area (TPSA) is 47.3 Å². The second-order valence-corrected chi connectivity index (χ2v) is 5.96. The molecule has 1 saturated carbocycles. The van der Waals surface area contributed by atoms with Crippen molar-refractivity contribution in [2.45, 2.75) is 38.2 Å². The lowest BCUT2D eigenvalue weighted by atomic mass is 9.98. The zero-order valence-electron chi connectivity index (χ0n) is 11.5. The maximum Gasteiger partial charge on any atom is 0.105 e. The Morgan fingerprint density at radius 1 is 1.35 bits per heavy atom. The first-order chi connectivity index (χ1) is 9.66. The minimum absolute atomic E-state index is 0.321. The van der Waals surface area contributed by atoms with Gasteiger partial charge in [0.25, 0.3) is 0 Å². The van der Waals surface area contributed by atoms with Crippen LogP contribution >= 0.6 is 23.8 Å². The van der Waals surface area contributed by atoms with Gasteiger partial charge in [-0.2, -0.15) is 0 Å². The summed E-state index contributed by atoms with van der Waals surface area (Å²) in [6.45, 7) is 1.50. The summed E-state index contributed by atoms with van der Waals surface area (Å²) >= 11 is 11.0. The lowest BCUT2D eigenvalue weighted by molar-refractivity contribution is 0.0347. The van der Waals surface area contributed by atoms with E-state index < -0.39 is 0 Å². The third kappa shape index (κ3) is 4.62. The minimum atomic E-state index is 0.321. The average molecular weight is 313 g/mol. The molecule has 1 aromatic rings. The molecular formula is C15H21ClN2OS. The molecule has 20 heavy (non-hydrogen) atoms. The zero-order valence-corrected chi connectivity index (χ0v) is 13.1. The summed E-state index contributed by atoms with van der Waals surface area (Å²) < 4.78 is 5.86. The molecule has 0 saturated heterocycles. The van der Waals surface area contributed by atoms with Crippen LogP contribution in [0.25, 0.3) is 0 Å². The summed E-state index contributed by atoms with van der Waals surface area (Å²) in [5.74, 6) is 0. The Morgan fingerprint density at radius 2 is 2.10 bits per heavy atom. The molecule has 0 bridgehead atoms. The van der Waals surface area contributed by atoms with Gasteiger partial charge in [0.1, 0.15) is 4.99 Å². The molecule has 0 heterocycles. The van der Waals surface area contributed by atoms with Crippen LogP contribution in [0.1, 0.15) is 37.7 Å². The maximum atomic E-state index is 6.12. The molecule has 1 fully saturated rings. The maximum absolute atomic E-state index is 6.12. The van der Waals surface area contributed by atoms with E-state index in [9.17, 15) is 0 Å². The molecule has 0 aromatic heterocycles. The summed E-state index contributed by atoms with van der Waals surface area (Å²) in [4.78, 5) is 0.321. The van der Waals surface area contributed by atoms with Crippen molar-refractivity contribution in [1.29, 1.82) is 0 Å². The molecule has 2 rings (SSSR count). The fourth-order valence-electron chi connectivity index (χ4n) is 2.48. The molecule has 0 unspecified atom stereocenters. The molecule has 1 aromatic carbocycles. The summed E-state index contributed by atoms with van der Waals surface area (Å²) in [5.41, 5.74) is 7.25. The quantitative estimate of drug-likeness (QED) is 0.620. The largest absolute Gasteiger partial charge is 0.389 e. The lowest BCUT2D eigenvalue weighted by Gasteiger charge is -2.22. The van der Waals surface area contributed by atoms with E-state index in [0.29, 0.717) is 21.7 Å². The van der Waals surface area contributed by atoms with E-state index >= 15 is 0 Å². The van der Waals surface area contributed by atoms with E-state index in [1.54, 1.807) is 0 Å². The molecule has 3 nitrogen and oxygen atoms in total. The Bertz CT molecular complexity index is 461. The number of hydrogen-bond acceptors (Lipinski definition) is 3. The Labute approximate surface area is 130 Å². The van der Waals surface area contributed by atoms with Gasteiger partial charge in [-0.15, -0.1) is 0 Å². The standard InChI is InChI=1S/C15H21ClN2OS/c16-14-10-11(6-7-13(14)15(17)20)18-8-9-19-12-4-2-1-3-5-12/h6-7,10,12,18H,1-5,8-9H2,(H2,17,20). The monoisotopic (exact) mass is 312 g/mol. The van der Waals surface area contributed by atoms with E-state index in [0.717, 1.165) is 18.8 Å². The number of thiocarbonyl (C=S) groups is 1. The van der Waals surface area contributed by atoms with Gasteiger partial charge in [-0.1, -0.05) is 43.1 Å². The molecule has 110 valence electrons. The van der Waals surface area contributed by atoms with Crippen molar-refractivity contribution >= 4 is 34.5 Å². The molecule has 1 aliphatic carbocycles. The molecule has 0 amide bonds. The summed E-state index contributed by atoms with van der Waals surface area (Å²) in [5, 5.41) is 3.88. The van der Waals surface area contributed by atoms with Crippen LogP contribution in [-0.2, 0) is 4.74 Å². The van der Waals surface area contributed by atoms with Crippen molar-refractivity contribution in [2.24, 2.45) is 5.73 Å². The van der Waals surface area contributed by atoms with Gasteiger partial charge in [0, 0.05) is 17.8 Å². The predicted octanol–water partition coefficient (Wildman–Crippen LogP) is 3.74. The Balaban J connectivity index is 1.73. The van der Waals surface area contributed by atoms with E-state index in [-0.39, 0.29) is 0 Å². The van der Waals surface area contributed by atoms with Crippen LogP contribution in [0.3, 0.4) is 0 Å². The van der Waals surface area contributed by atoms with Crippen LogP contribution in [0.5, 0.6) is 0 Å². The van der Waals surface area contributed by atoms with Crippen molar-refractivity contribution in [3.8, 4) is 0 Å². The van der Waals surface area contributed by atoms with Gasteiger partial charge in [-0.3, -0.25) is 0 Å². The number of nitrogens with two attached hydrogens (primary N) is 1. The first kappa shape index (κ1) is 15.5. The van der Waals surface area contributed by atoms with Gasteiger partial charge >= 0.3 is 0 Å². The van der Waals surface area contributed by atoms with Crippen LogP contribution in [-0.4, -0.2) is 24.2 Å². The van der Waals surface area contributed by atoms with Gasteiger partial charge in [0.2, 0.25) is 0 Å². The highest BCUT2D eigenvalue weighted by molar-refractivity contribution is 7.80. The number of hydrogen-bond donors (Lipinski definition) is 2. The highest BCUT2D eigenvalue weighted by Crippen LogP contribution is 2.22. The van der Waals surface area contributed by atoms with Gasteiger partial charge in [0.15, 0.2) is 0 Å². The van der Waals surface area contributed by atoms with Crippen molar-refractivity contribution in [2.75, 3.05) is 18.5 Å². The number of ether oxygens (including phenoxy) is 1. The smallest absolute Gasteiger partial charge is 0.105 e. The van der Waals surface area contributed by atoms with E-state index in [4.69, 9.17) is 34.3 Å². The van der Waals surface area contributed by atoms with E-state index in [2.05, 4.69) is 5.32 Å². The van der Waals surface area contributed by atoms with Crippen molar-refractivity contribution in [3.63, 3.8) is 0 Å². The average Bonchev–Trinajstić information content (AvgIpc) is 2.44. The predicted molar refractivity (Wildman–Crippen MR) is 88.7 cm³/mol. The number of anilines is 1. The van der Waals surface area contributed by atoms with Crippen molar-refractivity contribution in [1.82, 2.24) is 0 Å². The van der Waals surface area contributed by atoms with Gasteiger partial charge < -0.3 is 15.8 Å². The third-order valence-corrected chi connectivity index (χ3v) is 4.10. The molecule has 0 atom stereocenters. The fourth-order valence-corrected chi connectivity index (χ4v) is 2.99. The fraction of sp³-hybridized carbons (Fsp3) is 0.533. The van der Waals surface area contributed by atoms with Crippen LogP contribution in [0.15, 0.2) is 18.2 Å². The molecule has 3 N–H and O–H groups in total. The number of rotatable bonds is 6. The molecule has 0 spiro atoms. The molecule has 0 aliphatic heterocycles. The second-order valence-electron chi connectivity index (χ2n) is 5.12. The second kappa shape index (κ2) is 7.81. The minimum Gasteiger partial charge on any atom is -0.389 e. The van der Waals surface area contributed by atoms with Crippen LogP contribution in [0.4, 0.5) is 5.69 Å². The third-order valence-electron chi connectivity index (χ3n) is 3.57. The Kier molecular flexibility index (Phi) is 6.07. The lowest BCUT2D eigenvalue weighted by Crippen LogP contribution is -2.20. The molecular weight excluding hydrogens is 292 g/mol. The van der Waals surface area contributed by atoms with Gasteiger partial charge in [-0.05, 0) is 31.0 Å². The SMILES string of the molecule is NC(=S)c1ccc(NCCOC2CCCCC2)cc1Cl. The van der Waals surface area contributed by atoms with E-state index in [1.165, 1.54) is 32.1 Å². The first-order valence-corrected chi connectivity index (χ1v) is 7.90. The van der Waals surface area contributed by atoms with Crippen LogP contribution in [0.2, 0.25) is 5.02 Å². The Morgan fingerprint density at radius 3 is 2.75 bits per heavy atom. The summed E-state index contributed by atoms with van der Waals surface area (Å²) in [6.07, 6.45) is 6.81. The number of benzene rings is 1. The highest BCUT2D eigenvalue weighted by atomic mass is 35.5. The van der Waals surface area contributed by atoms with Gasteiger partial charge in [-0.25, -0.2) is 0 Å². The van der Waals surface area contributed by atoms with Crippen molar-refractivity contribution < 1.29 is 4.74 Å². The van der Waals surface area contributed by atoms with Crippen LogP contribution in [0, 0.1) is 0 Å². The molecule has 0 radical (unpaired) electrons. The number of nitrogens with one attached hydrogen (secondary N) is 1. The normalized spacial score (nSPS) is 16.1. The van der Waals surface area contributed by atoms with E-state index in [1.807, 2.05) is 18.2 Å². The molecule has 1 aliphatic rings. The first-order valence-electron chi connectivity index (χ1n) is 7.11. The molecule has 5 heteroatoms. The van der Waals surface area contributed by atoms with Crippen LogP contribution < -0.4 is 11.1 Å². The Hall–Kier alpha value is -0.840. The number of halogens is 1. The zero-order chi connectivity index (χ0) is 14.4. The summed E-state index contributed by atoms with van der Waals surface area (Å²) in [7, 11) is 0. The van der Waals surface area contributed by atoms with Crippen molar-refractivity contribution in [3.05, 3.63) is 28.8 Å².